The molecule has 2 aromatic rings. The minimum atomic E-state index is -0.705. The molecule has 1 N–H and O–H groups in total. The number of carbonyl (C=O) groups excluding carboxylic acids is 2. The third-order valence-electron chi connectivity index (χ3n) is 4.23. The van der Waals surface area contributed by atoms with Crippen LogP contribution in [-0.4, -0.2) is 35.9 Å². The van der Waals surface area contributed by atoms with E-state index in [1.165, 1.54) is 4.90 Å². The number of hydrogen-bond acceptors (Lipinski definition) is 3. The van der Waals surface area contributed by atoms with E-state index >= 15 is 0 Å². The molecule has 8 heteroatoms. The van der Waals surface area contributed by atoms with Crippen molar-refractivity contribution in [2.75, 3.05) is 13.2 Å². The van der Waals surface area contributed by atoms with Crippen LogP contribution < -0.4 is 10.1 Å². The molecule has 0 aliphatic carbocycles. The van der Waals surface area contributed by atoms with Crippen molar-refractivity contribution in [2.24, 2.45) is 0 Å². The summed E-state index contributed by atoms with van der Waals surface area (Å²) in [4.78, 5) is 26.8. The van der Waals surface area contributed by atoms with Gasteiger partial charge < -0.3 is 15.0 Å². The molecule has 29 heavy (non-hydrogen) atoms. The van der Waals surface area contributed by atoms with Crippen LogP contribution in [0.3, 0.4) is 0 Å². The minimum absolute atomic E-state index is 0.147. The van der Waals surface area contributed by atoms with Crippen molar-refractivity contribution in [3.05, 3.63) is 63.1 Å². The predicted molar refractivity (Wildman–Crippen MR) is 117 cm³/mol. The summed E-state index contributed by atoms with van der Waals surface area (Å²) in [7, 11) is 0. The Hall–Kier alpha value is -1.95. The maximum Gasteiger partial charge on any atom is 0.261 e. The average Bonchev–Trinajstić information content (AvgIpc) is 2.69. The molecule has 0 saturated heterocycles. The fourth-order valence-corrected chi connectivity index (χ4v) is 3.25. The predicted octanol–water partition coefficient (Wildman–Crippen LogP) is 4.97. The van der Waals surface area contributed by atoms with Crippen molar-refractivity contribution >= 4 is 46.6 Å². The van der Waals surface area contributed by atoms with E-state index in [1.807, 2.05) is 6.92 Å². The van der Waals surface area contributed by atoms with E-state index < -0.39 is 6.04 Å². The summed E-state index contributed by atoms with van der Waals surface area (Å²) in [5.74, 6) is -0.124. The third-order valence-corrected chi connectivity index (χ3v) is 5.05. The number of amides is 2. The van der Waals surface area contributed by atoms with Gasteiger partial charge in [-0.2, -0.15) is 0 Å². The highest BCUT2D eigenvalue weighted by Crippen LogP contribution is 2.23. The second kappa shape index (κ2) is 11.3. The Morgan fingerprint density at radius 3 is 2.48 bits per heavy atom. The Labute approximate surface area is 185 Å². The first-order valence-corrected chi connectivity index (χ1v) is 10.3. The van der Waals surface area contributed by atoms with E-state index in [-0.39, 0.29) is 25.0 Å². The number of halogens is 3. The van der Waals surface area contributed by atoms with Crippen molar-refractivity contribution in [3.8, 4) is 5.75 Å². The van der Waals surface area contributed by atoms with Gasteiger partial charge in [-0.15, -0.1) is 0 Å². The van der Waals surface area contributed by atoms with E-state index in [1.54, 1.807) is 49.4 Å². The monoisotopic (exact) mass is 456 g/mol. The lowest BCUT2D eigenvalue weighted by Crippen LogP contribution is -2.49. The molecule has 5 nitrogen and oxygen atoms in total. The number of benzene rings is 2. The van der Waals surface area contributed by atoms with Crippen LogP contribution in [0.5, 0.6) is 5.75 Å². The average molecular weight is 458 g/mol. The van der Waals surface area contributed by atoms with Crippen LogP contribution in [0.15, 0.2) is 42.5 Å². The Morgan fingerprint density at radius 1 is 1.10 bits per heavy atom. The summed E-state index contributed by atoms with van der Waals surface area (Å²) in [5.41, 5.74) is 0.683. The van der Waals surface area contributed by atoms with E-state index in [9.17, 15) is 9.59 Å². The molecule has 0 unspecified atom stereocenters. The fraction of sp³-hybridized carbons (Fsp3) is 0.333. The number of carbonyl (C=O) groups is 2. The van der Waals surface area contributed by atoms with Gasteiger partial charge in [-0.05, 0) is 49.2 Å². The van der Waals surface area contributed by atoms with Crippen LogP contribution in [-0.2, 0) is 16.1 Å². The Morgan fingerprint density at radius 2 is 1.83 bits per heavy atom. The smallest absolute Gasteiger partial charge is 0.261 e. The minimum Gasteiger partial charge on any atom is -0.484 e. The Bertz CT molecular complexity index is 861. The highest BCUT2D eigenvalue weighted by atomic mass is 35.5. The third kappa shape index (κ3) is 7.11. The van der Waals surface area contributed by atoms with Gasteiger partial charge in [-0.3, -0.25) is 9.59 Å². The molecule has 0 aliphatic rings. The van der Waals surface area contributed by atoms with Gasteiger partial charge in [0.1, 0.15) is 11.8 Å². The van der Waals surface area contributed by atoms with Crippen molar-refractivity contribution in [1.82, 2.24) is 10.2 Å². The topological polar surface area (TPSA) is 58.6 Å². The van der Waals surface area contributed by atoms with E-state index in [0.29, 0.717) is 32.9 Å². The Kier molecular flexibility index (Phi) is 9.08. The molecule has 0 fully saturated rings. The molecule has 1 atom stereocenters. The second-order valence-electron chi connectivity index (χ2n) is 6.47. The van der Waals surface area contributed by atoms with Gasteiger partial charge in [0.2, 0.25) is 5.91 Å². The first kappa shape index (κ1) is 23.3. The van der Waals surface area contributed by atoms with Crippen LogP contribution in [0.1, 0.15) is 25.8 Å². The van der Waals surface area contributed by atoms with Crippen LogP contribution in [0.25, 0.3) is 0 Å². The lowest BCUT2D eigenvalue weighted by atomic mass is 10.1. The van der Waals surface area contributed by atoms with Crippen LogP contribution in [0.4, 0.5) is 0 Å². The number of nitrogens with zero attached hydrogens (tertiary/aromatic N) is 1. The molecule has 0 radical (unpaired) electrons. The normalized spacial score (nSPS) is 11.6. The molecular weight excluding hydrogens is 435 g/mol. The zero-order valence-corrected chi connectivity index (χ0v) is 18.5. The first-order chi connectivity index (χ1) is 13.8. The van der Waals surface area contributed by atoms with E-state index in [4.69, 9.17) is 39.5 Å². The quantitative estimate of drug-likeness (QED) is 0.578. The molecule has 0 aliphatic heterocycles. The standard InChI is InChI=1S/C21H23Cl3N2O3/c1-3-9-25-21(28)14(2)26(12-15-7-8-17(23)11-19(15)24)20(27)13-29-18-6-4-5-16(22)10-18/h4-8,10-11,14H,3,9,12-13H2,1-2H3,(H,25,28)/t14-/m1/s1. The number of ether oxygens (including phenoxy) is 1. The van der Waals surface area contributed by atoms with Crippen LogP contribution >= 0.6 is 34.8 Å². The zero-order valence-electron chi connectivity index (χ0n) is 16.3. The van der Waals surface area contributed by atoms with Crippen LogP contribution in [0.2, 0.25) is 15.1 Å². The number of nitrogens with one attached hydrogen (secondary N) is 1. The highest BCUT2D eigenvalue weighted by molar-refractivity contribution is 6.35. The van der Waals surface area contributed by atoms with Gasteiger partial charge >= 0.3 is 0 Å². The first-order valence-electron chi connectivity index (χ1n) is 9.21. The molecule has 0 aromatic heterocycles. The summed E-state index contributed by atoms with van der Waals surface area (Å²) in [6.45, 7) is 4.07. The van der Waals surface area contributed by atoms with Gasteiger partial charge in [0.15, 0.2) is 6.61 Å². The van der Waals surface area contributed by atoms with E-state index in [2.05, 4.69) is 5.32 Å². The van der Waals surface area contributed by atoms with Gasteiger partial charge in [0.25, 0.3) is 5.91 Å². The second-order valence-corrected chi connectivity index (χ2v) is 7.75. The molecule has 156 valence electrons. The Balaban J connectivity index is 2.17. The summed E-state index contributed by atoms with van der Waals surface area (Å²) >= 11 is 18.2. The van der Waals surface area contributed by atoms with Gasteiger partial charge in [-0.25, -0.2) is 0 Å². The maximum atomic E-state index is 12.9. The zero-order chi connectivity index (χ0) is 21.4. The van der Waals surface area contributed by atoms with Crippen LogP contribution in [0, 0.1) is 0 Å². The van der Waals surface area contributed by atoms with Gasteiger partial charge in [0.05, 0.1) is 0 Å². The molecule has 2 rings (SSSR count). The lowest BCUT2D eigenvalue weighted by Gasteiger charge is -2.29. The molecule has 2 aromatic carbocycles. The summed E-state index contributed by atoms with van der Waals surface area (Å²) < 4.78 is 5.57. The van der Waals surface area contributed by atoms with Crippen molar-refractivity contribution < 1.29 is 14.3 Å². The van der Waals surface area contributed by atoms with Gasteiger partial charge in [-0.1, -0.05) is 53.9 Å². The van der Waals surface area contributed by atoms with Gasteiger partial charge in [0, 0.05) is 28.2 Å². The number of hydrogen-bond donors (Lipinski definition) is 1. The SMILES string of the molecule is CCCNC(=O)[C@@H](C)N(Cc1ccc(Cl)cc1Cl)C(=O)COc1cccc(Cl)c1. The summed E-state index contributed by atoms with van der Waals surface area (Å²) in [6.07, 6.45) is 0.799. The molecule has 0 heterocycles. The lowest BCUT2D eigenvalue weighted by molar-refractivity contribution is -0.142. The van der Waals surface area contributed by atoms with Crippen molar-refractivity contribution in [1.29, 1.82) is 0 Å². The van der Waals surface area contributed by atoms with E-state index in [0.717, 1.165) is 6.42 Å². The fourth-order valence-electron chi connectivity index (χ4n) is 2.60. The molecular formula is C21H23Cl3N2O3. The number of rotatable bonds is 9. The molecule has 0 saturated carbocycles. The largest absolute Gasteiger partial charge is 0.484 e. The molecule has 2 amide bonds. The molecule has 0 bridgehead atoms. The maximum absolute atomic E-state index is 12.9. The highest BCUT2D eigenvalue weighted by Gasteiger charge is 2.27. The van der Waals surface area contributed by atoms with Crippen molar-refractivity contribution in [2.45, 2.75) is 32.9 Å². The summed E-state index contributed by atoms with van der Waals surface area (Å²) in [6, 6.07) is 11.1. The van der Waals surface area contributed by atoms with Crippen molar-refractivity contribution in [3.63, 3.8) is 0 Å². The summed E-state index contributed by atoms with van der Waals surface area (Å²) in [5, 5.41) is 4.24. The molecule has 0 spiro atoms.